The Kier molecular flexibility index (Phi) is 14.4. The average Bonchev–Trinajstić information content (AvgIpc) is 3.14. The number of primary sulfonamides is 1. The molecule has 0 radical (unpaired) electrons. The number of sulfonamides is 1. The number of aromatic amines is 1. The summed E-state index contributed by atoms with van der Waals surface area (Å²) in [6.07, 6.45) is 6.46. The summed E-state index contributed by atoms with van der Waals surface area (Å²) in [6.45, 7) is 2.51. The molecule has 5 N–H and O–H groups in total. The van der Waals surface area contributed by atoms with Crippen molar-refractivity contribution in [1.29, 1.82) is 0 Å². The lowest BCUT2D eigenvalue weighted by Crippen LogP contribution is -2.37. The topological polar surface area (TPSA) is 144 Å². The lowest BCUT2D eigenvalue weighted by Gasteiger charge is -2.26. The van der Waals surface area contributed by atoms with Crippen molar-refractivity contribution in [3.63, 3.8) is 0 Å². The number of nitrogens with one attached hydrogen (secondary N) is 2. The van der Waals surface area contributed by atoms with Crippen molar-refractivity contribution in [1.82, 2.24) is 10.3 Å². The molecule has 0 aliphatic carbocycles. The van der Waals surface area contributed by atoms with Crippen molar-refractivity contribution in [2.24, 2.45) is 5.14 Å². The average molecular weight is 712 g/mol. The van der Waals surface area contributed by atoms with E-state index in [1.165, 1.54) is 12.1 Å². The summed E-state index contributed by atoms with van der Waals surface area (Å²) in [5.41, 5.74) is 4.19. The molecule has 1 unspecified atom stereocenters. The van der Waals surface area contributed by atoms with Crippen LogP contribution in [-0.2, 0) is 34.2 Å². The summed E-state index contributed by atoms with van der Waals surface area (Å²) in [4.78, 5) is 15.5. The highest BCUT2D eigenvalue weighted by Crippen LogP contribution is 2.32. The number of unbranched alkanes of at least 4 members (excludes halogenated alkanes) is 4. The van der Waals surface area contributed by atoms with Crippen LogP contribution in [0, 0.1) is 0 Å². The first-order valence-electron chi connectivity index (χ1n) is 17.8. The summed E-state index contributed by atoms with van der Waals surface area (Å²) < 4.78 is 35.1. The number of aliphatic hydroxyl groups excluding tert-OH is 1. The second-order valence-electron chi connectivity index (χ2n) is 12.9. The van der Waals surface area contributed by atoms with E-state index in [4.69, 9.17) is 14.6 Å². The van der Waals surface area contributed by atoms with Crippen LogP contribution in [-0.4, -0.2) is 44.3 Å². The van der Waals surface area contributed by atoms with Crippen molar-refractivity contribution >= 4 is 20.9 Å². The van der Waals surface area contributed by atoms with Crippen molar-refractivity contribution < 1.29 is 23.0 Å². The molecule has 0 fully saturated rings. The molecule has 5 rings (SSSR count). The van der Waals surface area contributed by atoms with Gasteiger partial charge in [-0.15, -0.1) is 0 Å². The fourth-order valence-electron chi connectivity index (χ4n) is 6.23. The minimum Gasteiger partial charge on any atom is -0.487 e. The number of ether oxygens (including phenoxy) is 2. The number of aromatic nitrogens is 1. The minimum absolute atomic E-state index is 0.150. The van der Waals surface area contributed by atoms with Crippen LogP contribution >= 0.6 is 0 Å². The third-order valence-electron chi connectivity index (χ3n) is 8.98. The summed E-state index contributed by atoms with van der Waals surface area (Å²) in [7, 11) is -3.68. The first-order valence-corrected chi connectivity index (χ1v) is 19.3. The summed E-state index contributed by atoms with van der Waals surface area (Å²) in [6, 6.07) is 33.5. The Balaban J connectivity index is 1.08. The number of rotatable bonds is 21. The maximum absolute atomic E-state index is 12.4. The van der Waals surface area contributed by atoms with Gasteiger partial charge in [-0.3, -0.25) is 4.79 Å². The van der Waals surface area contributed by atoms with Gasteiger partial charge in [-0.2, -0.15) is 0 Å². The van der Waals surface area contributed by atoms with E-state index in [9.17, 15) is 18.3 Å². The van der Waals surface area contributed by atoms with Crippen molar-refractivity contribution in [2.45, 2.75) is 75.0 Å². The van der Waals surface area contributed by atoms with Gasteiger partial charge in [-0.25, -0.2) is 13.6 Å². The Hall–Kier alpha value is -4.32. The van der Waals surface area contributed by atoms with E-state index in [0.29, 0.717) is 37.5 Å². The van der Waals surface area contributed by atoms with E-state index in [0.717, 1.165) is 79.1 Å². The van der Waals surface area contributed by atoms with E-state index < -0.39 is 16.1 Å². The van der Waals surface area contributed by atoms with E-state index in [1.54, 1.807) is 18.2 Å². The van der Waals surface area contributed by atoms with Gasteiger partial charge in [-0.1, -0.05) is 91.7 Å². The predicted octanol–water partition coefficient (Wildman–Crippen LogP) is 6.59. The van der Waals surface area contributed by atoms with E-state index in [-0.39, 0.29) is 16.5 Å². The Morgan fingerprint density at radius 1 is 0.745 bits per heavy atom. The van der Waals surface area contributed by atoms with Crippen LogP contribution in [0.15, 0.2) is 119 Å². The fraction of sp³-hybridized carbons (Fsp3) is 0.341. The summed E-state index contributed by atoms with van der Waals surface area (Å²) in [5.74, 6) is 0.562. The largest absolute Gasteiger partial charge is 0.487 e. The first kappa shape index (κ1) is 37.9. The number of pyridine rings is 1. The minimum atomic E-state index is -3.68. The SMILES string of the molecule is NS(=O)(=O)c1cccc(CCCCOCCCCCCNC(Cc2ccccc2)[C@H](O)c2ccc(OCc3ccccc3)c3[nH]c(=O)ccc23)c1. The fourth-order valence-corrected chi connectivity index (χ4v) is 6.81. The number of hydrogen-bond acceptors (Lipinski definition) is 7. The lowest BCUT2D eigenvalue weighted by molar-refractivity contribution is 0.125. The Morgan fingerprint density at radius 2 is 1.43 bits per heavy atom. The van der Waals surface area contributed by atoms with Gasteiger partial charge in [0.1, 0.15) is 12.4 Å². The second-order valence-corrected chi connectivity index (χ2v) is 14.5. The van der Waals surface area contributed by atoms with Crippen molar-refractivity contribution in [2.75, 3.05) is 19.8 Å². The Labute approximate surface area is 300 Å². The maximum atomic E-state index is 12.4. The molecule has 5 aromatic rings. The molecular formula is C41H49N3O6S. The molecule has 1 heterocycles. The molecule has 0 saturated carbocycles. The number of nitrogens with two attached hydrogens (primary N) is 1. The Bertz CT molecular complexity index is 1970. The number of aryl methyl sites for hydroxylation is 1. The van der Waals surface area contributed by atoms with Gasteiger partial charge in [0, 0.05) is 30.7 Å². The highest BCUT2D eigenvalue weighted by Gasteiger charge is 2.24. The summed E-state index contributed by atoms with van der Waals surface area (Å²) >= 11 is 0. The number of hydrogen-bond donors (Lipinski definition) is 4. The molecule has 4 aromatic carbocycles. The molecule has 0 bridgehead atoms. The molecule has 10 heteroatoms. The van der Waals surface area contributed by atoms with E-state index >= 15 is 0 Å². The molecule has 1 aromatic heterocycles. The van der Waals surface area contributed by atoms with Crippen molar-refractivity contribution in [3.8, 4) is 5.75 Å². The van der Waals surface area contributed by atoms with E-state index in [2.05, 4.69) is 22.4 Å². The van der Waals surface area contributed by atoms with Gasteiger partial charge < -0.3 is 24.9 Å². The van der Waals surface area contributed by atoms with Gasteiger partial charge in [0.05, 0.1) is 16.5 Å². The van der Waals surface area contributed by atoms with Gasteiger partial charge in [-0.05, 0) is 91.6 Å². The molecule has 0 aliphatic rings. The molecule has 0 aliphatic heterocycles. The molecule has 2 atom stereocenters. The molecule has 9 nitrogen and oxygen atoms in total. The van der Waals surface area contributed by atoms with Crippen LogP contribution in [0.25, 0.3) is 10.9 Å². The van der Waals surface area contributed by atoms with Crippen LogP contribution in [0.2, 0.25) is 0 Å². The third kappa shape index (κ3) is 11.9. The quantitative estimate of drug-likeness (QED) is 0.0629. The number of H-pyrrole nitrogens is 1. The van der Waals surface area contributed by atoms with Gasteiger partial charge in [0.25, 0.3) is 0 Å². The second kappa shape index (κ2) is 19.3. The molecule has 270 valence electrons. The Morgan fingerprint density at radius 3 is 2.18 bits per heavy atom. The van der Waals surface area contributed by atoms with Crippen molar-refractivity contribution in [3.05, 3.63) is 142 Å². The summed E-state index contributed by atoms with van der Waals surface area (Å²) in [5, 5.41) is 21.5. The van der Waals surface area contributed by atoms with Gasteiger partial charge in [0.2, 0.25) is 15.6 Å². The van der Waals surface area contributed by atoms with Crippen LogP contribution < -0.4 is 20.8 Å². The van der Waals surface area contributed by atoms with Gasteiger partial charge >= 0.3 is 0 Å². The monoisotopic (exact) mass is 711 g/mol. The first-order chi connectivity index (χ1) is 24.8. The molecule has 0 spiro atoms. The van der Waals surface area contributed by atoms with Crippen LogP contribution in [0.1, 0.15) is 66.9 Å². The highest BCUT2D eigenvalue weighted by molar-refractivity contribution is 7.89. The zero-order valence-electron chi connectivity index (χ0n) is 29.0. The highest BCUT2D eigenvalue weighted by atomic mass is 32.2. The number of benzene rings is 4. The van der Waals surface area contributed by atoms with E-state index in [1.807, 2.05) is 66.7 Å². The zero-order valence-corrected chi connectivity index (χ0v) is 29.8. The standard InChI is InChI=1S/C41H49N3O6S/c42-51(47,48)34-20-13-19-31(28-34)16-9-12-27-49-26-11-2-1-10-25-43-37(29-32-14-5-3-6-15-32)41(46)36-21-23-38(40-35(36)22-24-39(45)44-40)50-30-33-17-7-4-8-18-33/h3-8,13-15,17-24,28,37,41,43,46H,1-2,9-12,16,25-27,29-30H2,(H,44,45)(H2,42,47,48)/t37?,41-/m1/s1. The van der Waals surface area contributed by atoms with Crippen LogP contribution in [0.4, 0.5) is 0 Å². The third-order valence-corrected chi connectivity index (χ3v) is 9.89. The van der Waals surface area contributed by atoms with Crippen LogP contribution in [0.3, 0.4) is 0 Å². The smallest absolute Gasteiger partial charge is 0.248 e. The zero-order chi connectivity index (χ0) is 35.9. The maximum Gasteiger partial charge on any atom is 0.248 e. The molecule has 0 amide bonds. The van der Waals surface area contributed by atoms with Gasteiger partial charge in [0.15, 0.2) is 0 Å². The molecular weight excluding hydrogens is 663 g/mol. The molecule has 51 heavy (non-hydrogen) atoms. The van der Waals surface area contributed by atoms with Crippen LogP contribution in [0.5, 0.6) is 5.75 Å². The number of aliphatic hydroxyl groups is 1. The lowest BCUT2D eigenvalue weighted by atomic mass is 9.93. The molecule has 0 saturated heterocycles. The predicted molar refractivity (Wildman–Crippen MR) is 202 cm³/mol. The number of fused-ring (bicyclic) bond motifs is 1. The normalized spacial score (nSPS) is 12.9.